The smallest absolute Gasteiger partial charge is 0.253 e. The number of amides is 1. The molecule has 0 aromatic heterocycles. The average molecular weight is 247 g/mol. The summed E-state index contributed by atoms with van der Waals surface area (Å²) >= 11 is 0. The fraction of sp³-hybridized carbons (Fsp3) is 0.462. The summed E-state index contributed by atoms with van der Waals surface area (Å²) in [6, 6.07) is 7.62. The molecule has 0 spiro atoms. The molecular weight excluding hydrogens is 230 g/mol. The first-order valence-corrected chi connectivity index (χ1v) is 6.08. The summed E-state index contributed by atoms with van der Waals surface area (Å²) in [5.74, 6) is 0.0670. The lowest BCUT2D eigenvalue weighted by atomic mass is 10.1. The highest BCUT2D eigenvalue weighted by atomic mass is 16.3. The Hall–Kier alpha value is -1.75. The van der Waals surface area contributed by atoms with E-state index in [4.69, 9.17) is 0 Å². The zero-order chi connectivity index (χ0) is 13.0. The van der Waals surface area contributed by atoms with E-state index in [9.17, 15) is 9.70 Å². The number of hydrogen-bond acceptors (Lipinski definition) is 4. The maximum atomic E-state index is 12.2. The van der Waals surface area contributed by atoms with E-state index in [1.54, 1.807) is 0 Å². The van der Waals surface area contributed by atoms with Crippen molar-refractivity contribution in [3.05, 3.63) is 40.3 Å². The van der Waals surface area contributed by atoms with Gasteiger partial charge in [-0.2, -0.15) is 0 Å². The van der Waals surface area contributed by atoms with Crippen molar-refractivity contribution in [1.82, 2.24) is 9.80 Å². The number of piperazine rings is 1. The number of benzene rings is 1. The number of nitrogens with zero attached hydrogens (tertiary/aromatic N) is 3. The topological polar surface area (TPSA) is 53.0 Å². The van der Waals surface area contributed by atoms with Crippen molar-refractivity contribution in [3.8, 4) is 0 Å². The molecule has 0 radical (unpaired) electrons. The third-order valence-electron chi connectivity index (χ3n) is 3.18. The van der Waals surface area contributed by atoms with Crippen LogP contribution < -0.4 is 0 Å². The minimum Gasteiger partial charge on any atom is -0.336 e. The van der Waals surface area contributed by atoms with Gasteiger partial charge in [-0.05, 0) is 19.1 Å². The fourth-order valence-electron chi connectivity index (χ4n) is 2.13. The molecule has 1 fully saturated rings. The SMILES string of the molecule is Cc1cccc(C(=O)N2CCN(CN=O)CC2)c1. The number of hydrogen-bond donors (Lipinski definition) is 0. The maximum absolute atomic E-state index is 12.2. The van der Waals surface area contributed by atoms with Crippen molar-refractivity contribution < 1.29 is 4.79 Å². The largest absolute Gasteiger partial charge is 0.336 e. The highest BCUT2D eigenvalue weighted by Gasteiger charge is 2.21. The van der Waals surface area contributed by atoms with Gasteiger partial charge in [0, 0.05) is 31.7 Å². The van der Waals surface area contributed by atoms with Crippen molar-refractivity contribution in [1.29, 1.82) is 0 Å². The Bertz CT molecular complexity index is 440. The lowest BCUT2D eigenvalue weighted by Crippen LogP contribution is -2.48. The van der Waals surface area contributed by atoms with Gasteiger partial charge in [0.05, 0.1) is 0 Å². The molecule has 5 heteroatoms. The standard InChI is InChI=1S/C13H17N3O2/c1-11-3-2-4-12(9-11)13(17)16-7-5-15(6-8-16)10-14-18/h2-4,9H,5-8,10H2,1H3. The minimum atomic E-state index is 0.0670. The van der Waals surface area contributed by atoms with Crippen LogP contribution in [0.5, 0.6) is 0 Å². The van der Waals surface area contributed by atoms with Crippen LogP contribution in [-0.2, 0) is 0 Å². The van der Waals surface area contributed by atoms with Gasteiger partial charge in [-0.1, -0.05) is 22.9 Å². The molecule has 0 unspecified atom stereocenters. The van der Waals surface area contributed by atoms with Gasteiger partial charge >= 0.3 is 0 Å². The van der Waals surface area contributed by atoms with Crippen molar-refractivity contribution in [3.63, 3.8) is 0 Å². The molecule has 1 amide bonds. The van der Waals surface area contributed by atoms with Crippen molar-refractivity contribution in [2.24, 2.45) is 5.18 Å². The van der Waals surface area contributed by atoms with Gasteiger partial charge in [0.25, 0.3) is 5.91 Å². The third kappa shape index (κ3) is 2.92. The number of carbonyl (C=O) groups is 1. The van der Waals surface area contributed by atoms with E-state index in [1.807, 2.05) is 41.0 Å². The summed E-state index contributed by atoms with van der Waals surface area (Å²) in [4.78, 5) is 26.2. The normalized spacial score (nSPS) is 16.6. The molecule has 0 atom stereocenters. The van der Waals surface area contributed by atoms with E-state index >= 15 is 0 Å². The molecular formula is C13H17N3O2. The van der Waals surface area contributed by atoms with Crippen LogP contribution in [0.1, 0.15) is 15.9 Å². The summed E-state index contributed by atoms with van der Waals surface area (Å²) in [5.41, 5.74) is 1.82. The van der Waals surface area contributed by atoms with Gasteiger partial charge in [-0.3, -0.25) is 9.69 Å². The zero-order valence-corrected chi connectivity index (χ0v) is 10.5. The van der Waals surface area contributed by atoms with Gasteiger partial charge in [-0.15, -0.1) is 4.91 Å². The number of carbonyl (C=O) groups excluding carboxylic acids is 1. The minimum absolute atomic E-state index is 0.0670. The fourth-order valence-corrected chi connectivity index (χ4v) is 2.13. The summed E-state index contributed by atoms with van der Waals surface area (Å²) in [5, 5.41) is 2.87. The first kappa shape index (κ1) is 12.7. The van der Waals surface area contributed by atoms with Crippen molar-refractivity contribution >= 4 is 5.91 Å². The summed E-state index contributed by atoms with van der Waals surface area (Å²) in [7, 11) is 0. The molecule has 1 saturated heterocycles. The van der Waals surface area contributed by atoms with Crippen LogP contribution in [-0.4, -0.2) is 48.6 Å². The first-order chi connectivity index (χ1) is 8.70. The molecule has 1 aromatic rings. The van der Waals surface area contributed by atoms with E-state index in [-0.39, 0.29) is 12.6 Å². The van der Waals surface area contributed by atoms with Crippen LogP contribution in [0.3, 0.4) is 0 Å². The van der Waals surface area contributed by atoms with Gasteiger partial charge < -0.3 is 4.90 Å². The molecule has 2 rings (SSSR count). The molecule has 96 valence electrons. The van der Waals surface area contributed by atoms with Crippen LogP contribution >= 0.6 is 0 Å². The summed E-state index contributed by atoms with van der Waals surface area (Å²) in [6.07, 6.45) is 0. The number of nitroso groups, excluding NO2 is 1. The highest BCUT2D eigenvalue weighted by Crippen LogP contribution is 2.10. The summed E-state index contributed by atoms with van der Waals surface area (Å²) < 4.78 is 0. The monoisotopic (exact) mass is 247 g/mol. The van der Waals surface area contributed by atoms with Crippen LogP contribution in [0.2, 0.25) is 0 Å². The third-order valence-corrected chi connectivity index (χ3v) is 3.18. The zero-order valence-electron chi connectivity index (χ0n) is 10.5. The Labute approximate surface area is 106 Å². The van der Waals surface area contributed by atoms with Gasteiger partial charge in [0.15, 0.2) is 0 Å². The second-order valence-corrected chi connectivity index (χ2v) is 4.55. The Morgan fingerprint density at radius 2 is 2.00 bits per heavy atom. The lowest BCUT2D eigenvalue weighted by Gasteiger charge is -2.33. The molecule has 0 aliphatic carbocycles. The molecule has 18 heavy (non-hydrogen) atoms. The Morgan fingerprint density at radius 3 is 2.61 bits per heavy atom. The Morgan fingerprint density at radius 1 is 1.28 bits per heavy atom. The number of rotatable bonds is 3. The lowest BCUT2D eigenvalue weighted by molar-refractivity contribution is 0.0640. The van der Waals surface area contributed by atoms with E-state index in [0.29, 0.717) is 26.2 Å². The van der Waals surface area contributed by atoms with Gasteiger partial charge in [-0.25, -0.2) is 0 Å². The Kier molecular flexibility index (Phi) is 4.04. The molecule has 0 N–H and O–H groups in total. The van der Waals surface area contributed by atoms with E-state index in [2.05, 4.69) is 5.18 Å². The molecule has 5 nitrogen and oxygen atoms in total. The van der Waals surface area contributed by atoms with Crippen LogP contribution in [0.4, 0.5) is 0 Å². The molecule has 1 aliphatic heterocycles. The van der Waals surface area contributed by atoms with Crippen molar-refractivity contribution in [2.45, 2.75) is 6.92 Å². The van der Waals surface area contributed by atoms with E-state index in [0.717, 1.165) is 11.1 Å². The molecule has 1 heterocycles. The molecule has 1 aliphatic rings. The van der Waals surface area contributed by atoms with Gasteiger partial charge in [0.1, 0.15) is 6.67 Å². The molecule has 1 aromatic carbocycles. The number of aryl methyl sites for hydroxylation is 1. The summed E-state index contributed by atoms with van der Waals surface area (Å²) in [6.45, 7) is 4.92. The van der Waals surface area contributed by atoms with E-state index < -0.39 is 0 Å². The first-order valence-electron chi connectivity index (χ1n) is 6.08. The predicted molar refractivity (Wildman–Crippen MR) is 69.3 cm³/mol. The second kappa shape index (κ2) is 5.73. The van der Waals surface area contributed by atoms with Crippen LogP contribution in [0, 0.1) is 11.8 Å². The van der Waals surface area contributed by atoms with Crippen LogP contribution in [0.25, 0.3) is 0 Å². The second-order valence-electron chi connectivity index (χ2n) is 4.55. The quantitative estimate of drug-likeness (QED) is 0.760. The van der Waals surface area contributed by atoms with Gasteiger partial charge in [0.2, 0.25) is 0 Å². The van der Waals surface area contributed by atoms with Crippen molar-refractivity contribution in [2.75, 3.05) is 32.8 Å². The van der Waals surface area contributed by atoms with Crippen LogP contribution in [0.15, 0.2) is 29.4 Å². The average Bonchev–Trinajstić information content (AvgIpc) is 2.39. The Balaban J connectivity index is 1.97. The highest BCUT2D eigenvalue weighted by molar-refractivity contribution is 5.94. The molecule has 0 bridgehead atoms. The van der Waals surface area contributed by atoms with E-state index in [1.165, 1.54) is 0 Å². The maximum Gasteiger partial charge on any atom is 0.253 e. The molecule has 0 saturated carbocycles. The predicted octanol–water partition coefficient (Wildman–Crippen LogP) is 1.48.